The molecule has 0 unspecified atom stereocenters. The third-order valence-electron chi connectivity index (χ3n) is 14.3. The summed E-state index contributed by atoms with van der Waals surface area (Å²) in [6.07, 6.45) is 1.04. The molecule has 91 heavy (non-hydrogen) atoms. The summed E-state index contributed by atoms with van der Waals surface area (Å²) in [5.74, 6) is -13.1. The molecule has 0 bridgehead atoms. The predicted molar refractivity (Wildman–Crippen MR) is 335 cm³/mol. The number of carbonyl (C=O) groups is 11. The molecule has 3 aromatic rings. The van der Waals surface area contributed by atoms with Crippen LogP contribution in [-0.2, 0) is 72.0 Å². The quantitative estimate of drug-likeness (QED) is 0.0161. The van der Waals surface area contributed by atoms with Crippen molar-refractivity contribution in [3.8, 4) is 11.5 Å². The Bertz CT molecular complexity index is 2950. The molecule has 0 aliphatic rings. The van der Waals surface area contributed by atoms with Gasteiger partial charge in [-0.2, -0.15) is 11.8 Å². The second-order valence-corrected chi connectivity index (χ2v) is 23.8. The lowest BCUT2D eigenvalue weighted by molar-refractivity contribution is -0.142. The van der Waals surface area contributed by atoms with Gasteiger partial charge in [-0.25, -0.2) is 9.78 Å². The highest BCUT2D eigenvalue weighted by atomic mass is 32.2. The van der Waals surface area contributed by atoms with Crippen molar-refractivity contribution in [2.24, 2.45) is 39.9 Å². The van der Waals surface area contributed by atoms with Gasteiger partial charge in [-0.1, -0.05) is 65.8 Å². The van der Waals surface area contributed by atoms with Crippen molar-refractivity contribution in [1.29, 1.82) is 0 Å². The number of thioether (sulfide) groups is 1. The average Bonchev–Trinajstić information content (AvgIpc) is 1.32. The number of phenolic OH excluding ortho intramolecular Hbond substituents is 2. The van der Waals surface area contributed by atoms with Crippen molar-refractivity contribution >= 4 is 82.8 Å². The van der Waals surface area contributed by atoms with Crippen molar-refractivity contribution in [3.63, 3.8) is 0 Å². The standard InChI is InChI=1S/C59H89N15O16S/c1-29(2)45(60)54(85)70-41(24-33-11-15-36(76)16-12-33)51(82)66-38(19-20-44(78)79)49(80)67-39(21-23-91-8)50(81)69-42(25-34-13-17-37(77)18-14-34)53(84)72-47(31(5)6)56(87)74-48(32(7)75)57(88)73-46(30(3)4)55(86)71-43(26-35-27-63-28-65-35)52(83)68-40(58(89)90)10-9-22-64-59(61)62/h11-18,27-32,38-43,45-48,75-77H,9-10,19-26,60H2,1-8H3,(H,63,65)(H,66,82)(H,67,80)(H,68,83)(H,69,81)(H,70,85)(H,71,86)(H,72,84)(H,73,88)(H,74,87)(H,78,79)(H,89,90)(H4,61,62,64)/t32-,38+,39+,40+,41+,42+,43+,45+,46+,47+,48+/m1/s1. The molecular weight excluding hydrogens is 1210 g/mol. The van der Waals surface area contributed by atoms with Crippen molar-refractivity contribution in [2.75, 3.05) is 18.6 Å². The summed E-state index contributed by atoms with van der Waals surface area (Å²) >= 11 is 1.29. The number of hydrogen-bond donors (Lipinski definition) is 18. The number of hydrogen-bond acceptors (Lipinski definition) is 18. The molecule has 0 saturated carbocycles. The molecule has 31 nitrogen and oxygen atoms in total. The van der Waals surface area contributed by atoms with Gasteiger partial charge < -0.3 is 95.6 Å². The maximum atomic E-state index is 14.6. The lowest BCUT2D eigenvalue weighted by atomic mass is 9.99. The largest absolute Gasteiger partial charge is 0.508 e. The normalized spacial score (nSPS) is 14.9. The lowest BCUT2D eigenvalue weighted by Gasteiger charge is -2.30. The van der Waals surface area contributed by atoms with Gasteiger partial charge in [0, 0.05) is 44.1 Å². The number of phenols is 2. The Hall–Kier alpha value is -9.04. The molecule has 502 valence electrons. The van der Waals surface area contributed by atoms with Crippen molar-refractivity contribution in [1.82, 2.24) is 57.8 Å². The summed E-state index contributed by atoms with van der Waals surface area (Å²) in [6, 6.07) is -3.29. The number of benzene rings is 2. The van der Waals surface area contributed by atoms with E-state index in [1.165, 1.54) is 79.7 Å². The number of carbonyl (C=O) groups excluding carboxylic acids is 9. The van der Waals surface area contributed by atoms with Crippen LogP contribution in [0.2, 0.25) is 0 Å². The number of carboxylic acid groups (broad SMARTS) is 2. The highest BCUT2D eigenvalue weighted by Gasteiger charge is 2.38. The van der Waals surface area contributed by atoms with Crippen LogP contribution in [-0.4, -0.2) is 192 Å². The molecule has 0 spiro atoms. The third kappa shape index (κ3) is 26.5. The number of guanidine groups is 1. The van der Waals surface area contributed by atoms with E-state index in [1.807, 2.05) is 0 Å². The molecule has 0 radical (unpaired) electrons. The second kappa shape index (κ2) is 37.8. The molecule has 0 aliphatic carbocycles. The molecule has 1 aromatic heterocycles. The third-order valence-corrected chi connectivity index (χ3v) is 14.9. The Labute approximate surface area is 531 Å². The number of aliphatic carboxylic acids is 2. The topological polar surface area (TPSA) is 516 Å². The van der Waals surface area contributed by atoms with Gasteiger partial charge in [-0.15, -0.1) is 0 Å². The monoisotopic (exact) mass is 1300 g/mol. The van der Waals surface area contributed by atoms with Crippen molar-refractivity contribution in [3.05, 3.63) is 77.9 Å². The number of rotatable bonds is 39. The SMILES string of the molecule is CSCC[C@H](NC(=O)[C@H](CCC(=O)O)NC(=O)[C@H](Cc1ccc(O)cc1)NC(=O)[C@@H](N)C(C)C)C(=O)N[C@@H](Cc1ccc(O)cc1)C(=O)N[C@H](C(=O)N[C@H](C(=O)N[C@H](C(=O)N[C@@H](Cc1cnc[nH]1)C(=O)N[C@@H](CCCN=C(N)N)C(=O)O)C(C)C)[C@@H](C)O)C(C)C. The Morgan fingerprint density at radius 3 is 1.37 bits per heavy atom. The summed E-state index contributed by atoms with van der Waals surface area (Å²) in [4.78, 5) is 162. The fourth-order valence-electron chi connectivity index (χ4n) is 8.92. The van der Waals surface area contributed by atoms with E-state index in [0.717, 1.165) is 0 Å². The molecule has 0 saturated heterocycles. The minimum absolute atomic E-state index is 0.0713. The minimum atomic E-state index is -1.79. The molecule has 9 amide bonds. The van der Waals surface area contributed by atoms with Gasteiger partial charge >= 0.3 is 11.9 Å². The first-order valence-corrected chi connectivity index (χ1v) is 30.9. The molecule has 0 fully saturated rings. The van der Waals surface area contributed by atoms with E-state index in [0.29, 0.717) is 16.8 Å². The summed E-state index contributed by atoms with van der Waals surface area (Å²) in [7, 11) is 0. The summed E-state index contributed by atoms with van der Waals surface area (Å²) in [5.41, 5.74) is 18.1. The smallest absolute Gasteiger partial charge is 0.326 e. The van der Waals surface area contributed by atoms with Crippen LogP contribution in [0.25, 0.3) is 0 Å². The predicted octanol–water partition coefficient (Wildman–Crippen LogP) is -2.36. The van der Waals surface area contributed by atoms with Crippen LogP contribution in [0.1, 0.15) is 97.4 Å². The number of carboxylic acids is 2. The van der Waals surface area contributed by atoms with Crippen LogP contribution in [0.4, 0.5) is 0 Å². The number of nitrogens with one attached hydrogen (secondary N) is 10. The first-order valence-electron chi connectivity index (χ1n) is 29.5. The van der Waals surface area contributed by atoms with Crippen LogP contribution >= 0.6 is 11.8 Å². The van der Waals surface area contributed by atoms with Gasteiger partial charge in [-0.05, 0) is 97.8 Å². The Morgan fingerprint density at radius 2 is 0.934 bits per heavy atom. The van der Waals surface area contributed by atoms with Crippen molar-refractivity contribution < 1.29 is 78.3 Å². The van der Waals surface area contributed by atoms with Crippen LogP contribution in [0.3, 0.4) is 0 Å². The highest BCUT2D eigenvalue weighted by Crippen LogP contribution is 2.17. The molecule has 2 aromatic carbocycles. The van der Waals surface area contributed by atoms with Gasteiger partial charge in [-0.3, -0.25) is 52.9 Å². The number of aromatic amines is 1. The van der Waals surface area contributed by atoms with E-state index in [-0.39, 0.29) is 74.2 Å². The number of nitrogens with two attached hydrogens (primary N) is 3. The lowest BCUT2D eigenvalue weighted by Crippen LogP contribution is -2.63. The van der Waals surface area contributed by atoms with E-state index in [1.54, 1.807) is 47.8 Å². The van der Waals surface area contributed by atoms with Crippen LogP contribution in [0.5, 0.6) is 11.5 Å². The van der Waals surface area contributed by atoms with Crippen molar-refractivity contribution in [2.45, 2.75) is 166 Å². The number of amides is 9. The number of nitrogens with zero attached hydrogens (tertiary/aromatic N) is 2. The number of aliphatic hydroxyl groups is 1. The molecule has 3 rings (SSSR count). The number of aromatic nitrogens is 2. The highest BCUT2D eigenvalue weighted by molar-refractivity contribution is 7.98. The first kappa shape index (κ1) is 76.2. The zero-order chi connectivity index (χ0) is 68.2. The second-order valence-electron chi connectivity index (χ2n) is 22.8. The van der Waals surface area contributed by atoms with E-state index in [2.05, 4.69) is 62.8 Å². The van der Waals surface area contributed by atoms with Gasteiger partial charge in [0.15, 0.2) is 5.96 Å². The fraction of sp³-hybridized carbons (Fsp3) is 0.542. The summed E-state index contributed by atoms with van der Waals surface area (Å²) in [6.45, 7) is 10.9. The van der Waals surface area contributed by atoms with E-state index < -0.39 is 156 Å². The Balaban J connectivity index is 1.92. The van der Waals surface area contributed by atoms with Gasteiger partial charge in [0.05, 0.1) is 18.5 Å². The average molecular weight is 1300 g/mol. The van der Waals surface area contributed by atoms with Gasteiger partial charge in [0.1, 0.15) is 65.9 Å². The summed E-state index contributed by atoms with van der Waals surface area (Å²) < 4.78 is 0. The molecule has 0 aliphatic heterocycles. The molecule has 32 heteroatoms. The number of aliphatic hydroxyl groups excluding tert-OH is 1. The zero-order valence-electron chi connectivity index (χ0n) is 52.2. The minimum Gasteiger partial charge on any atom is -0.508 e. The molecule has 21 N–H and O–H groups in total. The number of H-pyrrole nitrogens is 1. The summed E-state index contributed by atoms with van der Waals surface area (Å²) in [5, 5.41) is 73.4. The molecular formula is C59H89N15O16S. The van der Waals surface area contributed by atoms with Gasteiger partial charge in [0.2, 0.25) is 53.2 Å². The maximum Gasteiger partial charge on any atom is 0.326 e. The van der Waals surface area contributed by atoms with E-state index >= 15 is 0 Å². The van der Waals surface area contributed by atoms with E-state index in [9.17, 15) is 78.3 Å². The maximum absolute atomic E-state index is 14.6. The number of aliphatic imine (C=N–C) groups is 1. The number of imidazole rings is 1. The van der Waals surface area contributed by atoms with Gasteiger partial charge in [0.25, 0.3) is 0 Å². The molecule has 1 heterocycles. The molecule has 11 atom stereocenters. The van der Waals surface area contributed by atoms with Crippen LogP contribution in [0, 0.1) is 17.8 Å². The van der Waals surface area contributed by atoms with Crippen LogP contribution < -0.4 is 65.1 Å². The van der Waals surface area contributed by atoms with E-state index in [4.69, 9.17) is 17.2 Å². The number of aromatic hydroxyl groups is 2. The zero-order valence-corrected chi connectivity index (χ0v) is 53.0. The Morgan fingerprint density at radius 1 is 0.527 bits per heavy atom. The first-order chi connectivity index (χ1) is 42.8. The van der Waals surface area contributed by atoms with Crippen LogP contribution in [0.15, 0.2) is 66.0 Å². The Kier molecular flexibility index (Phi) is 31.7. The fourth-order valence-corrected chi connectivity index (χ4v) is 9.39.